The van der Waals surface area contributed by atoms with Crippen molar-refractivity contribution in [2.75, 3.05) is 46.8 Å². The highest BCUT2D eigenvalue weighted by atomic mass is 16.5. The van der Waals surface area contributed by atoms with Crippen molar-refractivity contribution >= 4 is 12.1 Å². The van der Waals surface area contributed by atoms with Crippen molar-refractivity contribution in [2.45, 2.75) is 6.92 Å². The van der Waals surface area contributed by atoms with Crippen molar-refractivity contribution in [1.29, 1.82) is 0 Å². The topological polar surface area (TPSA) is 97.9 Å². The van der Waals surface area contributed by atoms with Crippen molar-refractivity contribution in [3.05, 3.63) is 0 Å². The Balaban J connectivity index is 3.29. The van der Waals surface area contributed by atoms with E-state index in [2.05, 4.69) is 20.7 Å². The van der Waals surface area contributed by atoms with Crippen LogP contribution >= 0.6 is 0 Å². The zero-order valence-electron chi connectivity index (χ0n) is 10.8. The molecule has 0 aromatic rings. The monoisotopic (exact) mass is 263 g/mol. The highest BCUT2D eigenvalue weighted by Crippen LogP contribution is 1.75. The molecule has 8 heteroatoms. The second-order valence-electron chi connectivity index (χ2n) is 3.13. The summed E-state index contributed by atoms with van der Waals surface area (Å²) in [4.78, 5) is 22.0. The second kappa shape index (κ2) is 11.9. The lowest BCUT2D eigenvalue weighted by Crippen LogP contribution is -2.41. The van der Waals surface area contributed by atoms with Crippen molar-refractivity contribution < 1.29 is 23.8 Å². The number of alkyl carbamates (subject to hydrolysis) is 1. The van der Waals surface area contributed by atoms with Gasteiger partial charge in [0, 0.05) is 20.2 Å². The number of hydrogen-bond donors (Lipinski definition) is 3. The molecule has 3 N–H and O–H groups in total. The van der Waals surface area contributed by atoms with Crippen LogP contribution in [0.5, 0.6) is 0 Å². The molecule has 0 unspecified atom stereocenters. The third-order valence-electron chi connectivity index (χ3n) is 1.72. The molecule has 0 saturated carbocycles. The van der Waals surface area contributed by atoms with Gasteiger partial charge in [0.2, 0.25) is 0 Å². The Labute approximate surface area is 106 Å². The first-order valence-electron chi connectivity index (χ1n) is 5.69. The predicted molar refractivity (Wildman–Crippen MR) is 64.3 cm³/mol. The minimum atomic E-state index is -0.498. The van der Waals surface area contributed by atoms with Crippen LogP contribution in [0, 0.1) is 0 Å². The Kier molecular flexibility index (Phi) is 10.9. The van der Waals surface area contributed by atoms with Crippen LogP contribution in [-0.2, 0) is 14.2 Å². The molecule has 0 aliphatic carbocycles. The Morgan fingerprint density at radius 2 is 1.78 bits per heavy atom. The van der Waals surface area contributed by atoms with Crippen LogP contribution in [0.25, 0.3) is 0 Å². The molecule has 8 nitrogen and oxygen atoms in total. The van der Waals surface area contributed by atoms with E-state index in [9.17, 15) is 9.59 Å². The van der Waals surface area contributed by atoms with Crippen LogP contribution < -0.4 is 16.0 Å². The SMILES string of the molecule is CCOC(=O)NCCNC(=O)NCOCCOC. The standard InChI is InChI=1S/C10H21N3O5/c1-3-18-10(15)12-5-4-11-9(14)13-8-17-7-6-16-2/h3-8H2,1-2H3,(H,12,15)(H2,11,13,14). The first-order valence-corrected chi connectivity index (χ1v) is 5.69. The third-order valence-corrected chi connectivity index (χ3v) is 1.72. The van der Waals surface area contributed by atoms with E-state index in [0.717, 1.165) is 0 Å². The van der Waals surface area contributed by atoms with Gasteiger partial charge >= 0.3 is 12.1 Å². The summed E-state index contributed by atoms with van der Waals surface area (Å²) in [6.07, 6.45) is -0.498. The Morgan fingerprint density at radius 1 is 1.06 bits per heavy atom. The molecule has 0 aromatic carbocycles. The average Bonchev–Trinajstić information content (AvgIpc) is 2.35. The highest BCUT2D eigenvalue weighted by molar-refractivity contribution is 5.73. The van der Waals surface area contributed by atoms with Crippen molar-refractivity contribution in [3.8, 4) is 0 Å². The summed E-state index contributed by atoms with van der Waals surface area (Å²) in [5.74, 6) is 0. The molecule has 0 heterocycles. The van der Waals surface area contributed by atoms with Gasteiger partial charge in [-0.2, -0.15) is 0 Å². The van der Waals surface area contributed by atoms with E-state index in [1.165, 1.54) is 0 Å². The fraction of sp³-hybridized carbons (Fsp3) is 0.800. The molecule has 0 radical (unpaired) electrons. The second-order valence-corrected chi connectivity index (χ2v) is 3.13. The summed E-state index contributed by atoms with van der Waals surface area (Å²) >= 11 is 0. The molecule has 0 aromatic heterocycles. The van der Waals surface area contributed by atoms with Gasteiger partial charge in [-0.25, -0.2) is 9.59 Å². The van der Waals surface area contributed by atoms with E-state index in [4.69, 9.17) is 9.47 Å². The summed E-state index contributed by atoms with van der Waals surface area (Å²) in [6, 6.07) is -0.363. The van der Waals surface area contributed by atoms with E-state index >= 15 is 0 Å². The van der Waals surface area contributed by atoms with Gasteiger partial charge in [0.1, 0.15) is 6.73 Å². The molecule has 0 bridgehead atoms. The van der Waals surface area contributed by atoms with Crippen LogP contribution in [-0.4, -0.2) is 58.9 Å². The number of hydrogen-bond acceptors (Lipinski definition) is 5. The van der Waals surface area contributed by atoms with Crippen LogP contribution in [0.3, 0.4) is 0 Å². The zero-order valence-corrected chi connectivity index (χ0v) is 10.8. The number of urea groups is 1. The Hall–Kier alpha value is -1.54. The van der Waals surface area contributed by atoms with Crippen molar-refractivity contribution in [3.63, 3.8) is 0 Å². The van der Waals surface area contributed by atoms with Gasteiger partial charge in [-0.3, -0.25) is 0 Å². The molecular formula is C10H21N3O5. The molecule has 106 valence electrons. The van der Waals surface area contributed by atoms with Crippen LogP contribution in [0.1, 0.15) is 6.92 Å². The van der Waals surface area contributed by atoms with Gasteiger partial charge in [0.05, 0.1) is 19.8 Å². The fourth-order valence-electron chi connectivity index (χ4n) is 0.916. The number of ether oxygens (including phenoxy) is 3. The minimum Gasteiger partial charge on any atom is -0.450 e. The van der Waals surface area contributed by atoms with Crippen molar-refractivity contribution in [2.24, 2.45) is 0 Å². The molecular weight excluding hydrogens is 242 g/mol. The predicted octanol–water partition coefficient (Wildman–Crippen LogP) is -0.348. The zero-order chi connectivity index (χ0) is 13.6. The summed E-state index contributed by atoms with van der Waals surface area (Å²) in [5, 5.41) is 7.49. The van der Waals surface area contributed by atoms with Gasteiger partial charge in [0.15, 0.2) is 0 Å². The Morgan fingerprint density at radius 3 is 2.44 bits per heavy atom. The smallest absolute Gasteiger partial charge is 0.407 e. The van der Waals surface area contributed by atoms with Gasteiger partial charge in [-0.05, 0) is 6.92 Å². The average molecular weight is 263 g/mol. The van der Waals surface area contributed by atoms with Crippen LogP contribution in [0.4, 0.5) is 9.59 Å². The number of rotatable bonds is 9. The summed E-state index contributed by atoms with van der Waals surface area (Å²) in [5.41, 5.74) is 0. The molecule has 18 heavy (non-hydrogen) atoms. The van der Waals surface area contributed by atoms with E-state index < -0.39 is 6.09 Å². The van der Waals surface area contributed by atoms with Gasteiger partial charge in [-0.15, -0.1) is 0 Å². The molecule has 0 spiro atoms. The summed E-state index contributed by atoms with van der Waals surface area (Å²) in [7, 11) is 1.57. The first-order chi connectivity index (χ1) is 8.70. The summed E-state index contributed by atoms with van der Waals surface area (Å²) < 4.78 is 14.4. The van der Waals surface area contributed by atoms with E-state index in [1.807, 2.05) is 0 Å². The van der Waals surface area contributed by atoms with Crippen LogP contribution in [0.2, 0.25) is 0 Å². The molecule has 0 fully saturated rings. The lowest BCUT2D eigenvalue weighted by molar-refractivity contribution is 0.0642. The number of carbonyl (C=O) groups excluding carboxylic acids is 2. The number of amides is 3. The third kappa shape index (κ3) is 11.0. The molecule has 0 saturated heterocycles. The number of carbonyl (C=O) groups is 2. The summed E-state index contributed by atoms with van der Waals surface area (Å²) in [6.45, 7) is 3.65. The molecule has 3 amide bonds. The van der Waals surface area contributed by atoms with E-state index in [-0.39, 0.29) is 12.8 Å². The first kappa shape index (κ1) is 16.5. The lowest BCUT2D eigenvalue weighted by Gasteiger charge is -2.08. The van der Waals surface area contributed by atoms with Crippen LogP contribution in [0.15, 0.2) is 0 Å². The number of methoxy groups -OCH3 is 1. The largest absolute Gasteiger partial charge is 0.450 e. The van der Waals surface area contributed by atoms with Gasteiger partial charge in [0.25, 0.3) is 0 Å². The molecule has 0 aliphatic rings. The maximum absolute atomic E-state index is 11.2. The van der Waals surface area contributed by atoms with Gasteiger partial charge < -0.3 is 30.2 Å². The lowest BCUT2D eigenvalue weighted by atomic mass is 10.6. The molecule has 0 atom stereocenters. The number of nitrogens with one attached hydrogen (secondary N) is 3. The quantitative estimate of drug-likeness (QED) is 0.390. The van der Waals surface area contributed by atoms with E-state index in [1.54, 1.807) is 14.0 Å². The molecule has 0 rings (SSSR count). The van der Waals surface area contributed by atoms with E-state index in [0.29, 0.717) is 32.9 Å². The minimum absolute atomic E-state index is 0.112. The molecule has 0 aliphatic heterocycles. The van der Waals surface area contributed by atoms with Crippen molar-refractivity contribution in [1.82, 2.24) is 16.0 Å². The maximum Gasteiger partial charge on any atom is 0.407 e. The maximum atomic E-state index is 11.2. The Bertz CT molecular complexity index is 238. The fourth-order valence-corrected chi connectivity index (χ4v) is 0.916. The highest BCUT2D eigenvalue weighted by Gasteiger charge is 2.00. The normalized spacial score (nSPS) is 9.67. The van der Waals surface area contributed by atoms with Gasteiger partial charge in [-0.1, -0.05) is 0 Å².